The second-order valence-corrected chi connectivity index (χ2v) is 14.7. The van der Waals surface area contributed by atoms with Gasteiger partial charge in [0.05, 0.1) is 16.6 Å². The molecule has 2 atom stereocenters. The van der Waals surface area contributed by atoms with Crippen LogP contribution in [0.4, 0.5) is 17.1 Å². The standard InChI is InChI=1S/C52H40N4O/c1-35-21-23-41(24-22-35)51-53-50(40-17-9-4-10-18-40)54-52(55-51)45-33-34-46(48-44-19-11-12-20-47(44)57-49(45)48)56(42-29-25-38(26-30-42)36-13-5-2-6-14-36)43-31-27-39(28-32-43)37-15-7-3-8-16-37/h2-21,23-35,51H,22H2,1H3,(H,53,54,55). The molecule has 274 valence electrons. The highest BCUT2D eigenvalue weighted by molar-refractivity contribution is 6.22. The van der Waals surface area contributed by atoms with Gasteiger partial charge in [0, 0.05) is 22.3 Å². The number of allylic oxidation sites excluding steroid dienone is 2. The van der Waals surface area contributed by atoms with E-state index in [0.29, 0.717) is 11.8 Å². The zero-order valence-corrected chi connectivity index (χ0v) is 31.6. The molecular formula is C52H40N4O. The third-order valence-corrected chi connectivity index (χ3v) is 10.9. The molecule has 1 aliphatic heterocycles. The normalized spacial score (nSPS) is 16.5. The first kappa shape index (κ1) is 34.3. The summed E-state index contributed by atoms with van der Waals surface area (Å²) in [7, 11) is 0. The Morgan fingerprint density at radius 1 is 0.596 bits per heavy atom. The van der Waals surface area contributed by atoms with Crippen molar-refractivity contribution in [2.24, 2.45) is 15.9 Å². The van der Waals surface area contributed by atoms with Gasteiger partial charge in [0.25, 0.3) is 0 Å². The van der Waals surface area contributed by atoms with E-state index in [4.69, 9.17) is 14.4 Å². The van der Waals surface area contributed by atoms with E-state index in [1.807, 2.05) is 30.3 Å². The minimum Gasteiger partial charge on any atom is -0.455 e. The van der Waals surface area contributed by atoms with Crippen molar-refractivity contribution < 1.29 is 4.42 Å². The Hall–Kier alpha value is -7.24. The predicted molar refractivity (Wildman–Crippen MR) is 237 cm³/mol. The van der Waals surface area contributed by atoms with Gasteiger partial charge in [0.1, 0.15) is 23.2 Å². The quantitative estimate of drug-likeness (QED) is 0.169. The van der Waals surface area contributed by atoms with Gasteiger partial charge in [-0.25, -0.2) is 9.98 Å². The molecule has 1 aromatic heterocycles. The minimum atomic E-state index is -0.293. The fourth-order valence-electron chi connectivity index (χ4n) is 7.90. The lowest BCUT2D eigenvalue weighted by Gasteiger charge is -2.28. The highest BCUT2D eigenvalue weighted by Gasteiger charge is 2.27. The van der Waals surface area contributed by atoms with E-state index in [1.165, 1.54) is 11.1 Å². The molecule has 1 N–H and O–H groups in total. The van der Waals surface area contributed by atoms with Gasteiger partial charge in [-0.05, 0) is 82.6 Å². The molecule has 2 aliphatic rings. The lowest BCUT2D eigenvalue weighted by molar-refractivity contribution is 0.666. The Balaban J connectivity index is 1.16. The summed E-state index contributed by atoms with van der Waals surface area (Å²) in [6.45, 7) is 2.24. The van der Waals surface area contributed by atoms with E-state index < -0.39 is 0 Å². The van der Waals surface area contributed by atoms with Crippen LogP contribution in [0, 0.1) is 5.92 Å². The first-order valence-corrected chi connectivity index (χ1v) is 19.6. The number of anilines is 3. The third-order valence-electron chi connectivity index (χ3n) is 10.9. The van der Waals surface area contributed by atoms with Gasteiger partial charge in [0.2, 0.25) is 0 Å². The summed E-state index contributed by atoms with van der Waals surface area (Å²) in [5, 5.41) is 5.67. The number of fused-ring (bicyclic) bond motifs is 3. The summed E-state index contributed by atoms with van der Waals surface area (Å²) in [6.07, 6.45) is 7.44. The summed E-state index contributed by atoms with van der Waals surface area (Å²) in [4.78, 5) is 12.8. The van der Waals surface area contributed by atoms with E-state index in [-0.39, 0.29) is 6.17 Å². The molecule has 0 spiro atoms. The van der Waals surface area contributed by atoms with Crippen LogP contribution in [0.25, 0.3) is 44.2 Å². The number of hydrogen-bond donors (Lipinski definition) is 1. The van der Waals surface area contributed by atoms with Gasteiger partial charge in [-0.3, -0.25) is 0 Å². The summed E-state index contributed by atoms with van der Waals surface area (Å²) in [6, 6.07) is 61.6. The van der Waals surface area contributed by atoms with Crippen molar-refractivity contribution in [2.45, 2.75) is 19.5 Å². The van der Waals surface area contributed by atoms with Gasteiger partial charge in [-0.1, -0.05) is 159 Å². The second kappa shape index (κ2) is 14.8. The average Bonchev–Trinajstić information content (AvgIpc) is 3.68. The first-order chi connectivity index (χ1) is 28.2. The van der Waals surface area contributed by atoms with Crippen molar-refractivity contribution >= 4 is 50.7 Å². The molecule has 0 radical (unpaired) electrons. The van der Waals surface area contributed by atoms with E-state index >= 15 is 0 Å². The number of hydrogen-bond acceptors (Lipinski definition) is 5. The van der Waals surface area contributed by atoms with Crippen LogP contribution in [-0.2, 0) is 0 Å². The average molecular weight is 737 g/mol. The van der Waals surface area contributed by atoms with Crippen molar-refractivity contribution in [3.8, 4) is 22.3 Å². The van der Waals surface area contributed by atoms with Gasteiger partial charge >= 0.3 is 0 Å². The van der Waals surface area contributed by atoms with Crippen molar-refractivity contribution in [3.05, 3.63) is 211 Å². The van der Waals surface area contributed by atoms with Crippen LogP contribution in [0.3, 0.4) is 0 Å². The van der Waals surface area contributed by atoms with E-state index in [2.05, 4.69) is 181 Å². The predicted octanol–water partition coefficient (Wildman–Crippen LogP) is 13.0. The fourth-order valence-corrected chi connectivity index (χ4v) is 7.90. The number of amidine groups is 2. The first-order valence-electron chi connectivity index (χ1n) is 19.6. The molecule has 8 aromatic rings. The third kappa shape index (κ3) is 6.64. The van der Waals surface area contributed by atoms with Crippen LogP contribution in [-0.4, -0.2) is 17.8 Å². The van der Waals surface area contributed by atoms with Crippen molar-refractivity contribution in [1.82, 2.24) is 5.32 Å². The molecule has 2 heterocycles. The monoisotopic (exact) mass is 736 g/mol. The Bertz CT molecular complexity index is 2750. The Kier molecular flexibility index (Phi) is 8.88. The fraction of sp³-hybridized carbons (Fsp3) is 0.0769. The SMILES string of the molecule is CC1C=CC(C2N=C(c3ccc(N(c4ccc(-c5ccccc5)cc4)c4ccc(-c5ccccc5)cc4)c4c3oc3ccccc34)N=C(c3ccccc3)N2)=CC1. The number of rotatable bonds is 8. The number of nitrogens with zero attached hydrogens (tertiary/aromatic N) is 3. The van der Waals surface area contributed by atoms with Crippen LogP contribution in [0.15, 0.2) is 214 Å². The Morgan fingerprint density at radius 3 is 1.75 bits per heavy atom. The van der Waals surface area contributed by atoms with Crippen molar-refractivity contribution in [3.63, 3.8) is 0 Å². The molecule has 1 aliphatic carbocycles. The van der Waals surface area contributed by atoms with Gasteiger partial charge < -0.3 is 14.6 Å². The topological polar surface area (TPSA) is 53.1 Å². The number of furan rings is 1. The molecule has 0 amide bonds. The smallest absolute Gasteiger partial charge is 0.163 e. The zero-order valence-electron chi connectivity index (χ0n) is 31.6. The Morgan fingerprint density at radius 2 is 1.16 bits per heavy atom. The molecule has 0 bridgehead atoms. The lowest BCUT2D eigenvalue weighted by Crippen LogP contribution is -2.40. The Labute approximate surface area is 332 Å². The molecule has 5 heteroatoms. The van der Waals surface area contributed by atoms with E-state index in [0.717, 1.165) is 79.1 Å². The van der Waals surface area contributed by atoms with Crippen LogP contribution in [0.2, 0.25) is 0 Å². The highest BCUT2D eigenvalue weighted by Crippen LogP contribution is 2.45. The number of para-hydroxylation sites is 1. The van der Waals surface area contributed by atoms with Crippen molar-refractivity contribution in [1.29, 1.82) is 0 Å². The maximum Gasteiger partial charge on any atom is 0.163 e. The molecule has 7 aromatic carbocycles. The number of aliphatic imine (C=N–C) groups is 2. The maximum absolute atomic E-state index is 6.86. The molecular weight excluding hydrogens is 697 g/mol. The van der Waals surface area contributed by atoms with Crippen LogP contribution in [0.5, 0.6) is 0 Å². The van der Waals surface area contributed by atoms with Crippen LogP contribution in [0.1, 0.15) is 24.5 Å². The summed E-state index contributed by atoms with van der Waals surface area (Å²) in [5.74, 6) is 1.91. The van der Waals surface area contributed by atoms with E-state index in [9.17, 15) is 0 Å². The molecule has 0 saturated carbocycles. The number of nitrogens with one attached hydrogen (secondary N) is 1. The van der Waals surface area contributed by atoms with Gasteiger partial charge in [-0.2, -0.15) is 0 Å². The lowest BCUT2D eigenvalue weighted by atomic mass is 9.96. The maximum atomic E-state index is 6.86. The van der Waals surface area contributed by atoms with Crippen molar-refractivity contribution in [2.75, 3.05) is 4.90 Å². The summed E-state index contributed by atoms with van der Waals surface area (Å²) >= 11 is 0. The van der Waals surface area contributed by atoms with Gasteiger partial charge in [0.15, 0.2) is 5.84 Å². The molecule has 57 heavy (non-hydrogen) atoms. The second-order valence-electron chi connectivity index (χ2n) is 14.7. The molecule has 2 unspecified atom stereocenters. The van der Waals surface area contributed by atoms with Crippen LogP contribution >= 0.6 is 0 Å². The molecule has 0 fully saturated rings. The largest absolute Gasteiger partial charge is 0.455 e. The van der Waals surface area contributed by atoms with E-state index in [1.54, 1.807) is 0 Å². The highest BCUT2D eigenvalue weighted by atomic mass is 16.3. The minimum absolute atomic E-state index is 0.293. The molecule has 0 saturated heterocycles. The molecule has 5 nitrogen and oxygen atoms in total. The van der Waals surface area contributed by atoms with Crippen LogP contribution < -0.4 is 10.2 Å². The summed E-state index contributed by atoms with van der Waals surface area (Å²) in [5.41, 5.74) is 12.3. The van der Waals surface area contributed by atoms with Gasteiger partial charge in [-0.15, -0.1) is 0 Å². The zero-order chi connectivity index (χ0) is 38.1. The number of benzene rings is 7. The summed E-state index contributed by atoms with van der Waals surface area (Å²) < 4.78 is 6.86. The molecule has 10 rings (SSSR count).